The lowest BCUT2D eigenvalue weighted by atomic mass is 9.97. The van der Waals surface area contributed by atoms with E-state index in [0.29, 0.717) is 5.92 Å². The van der Waals surface area contributed by atoms with Gasteiger partial charge in [0.15, 0.2) is 0 Å². The van der Waals surface area contributed by atoms with Gasteiger partial charge in [-0.1, -0.05) is 0 Å². The molecule has 3 heterocycles. The van der Waals surface area contributed by atoms with E-state index in [1.54, 1.807) is 0 Å². The van der Waals surface area contributed by atoms with E-state index >= 15 is 0 Å². The number of carbonyl (C=O) groups is 1. The van der Waals surface area contributed by atoms with Crippen LogP contribution in [0.4, 0.5) is 0 Å². The number of hydrogen-bond acceptors (Lipinski definition) is 3. The van der Waals surface area contributed by atoms with Crippen LogP contribution in [0.15, 0.2) is 23.7 Å². The quantitative estimate of drug-likeness (QED) is 0.912. The van der Waals surface area contributed by atoms with E-state index in [0.717, 1.165) is 62.5 Å². The number of hydrogen-bond donors (Lipinski definition) is 1. The first-order valence-electron chi connectivity index (χ1n) is 7.35. The second-order valence-electron chi connectivity index (χ2n) is 5.59. The van der Waals surface area contributed by atoms with E-state index in [4.69, 9.17) is 4.74 Å². The highest BCUT2D eigenvalue weighted by molar-refractivity contribution is 5.93. The average molecular weight is 275 g/mol. The number of imidazole rings is 1. The molecule has 0 saturated carbocycles. The zero-order valence-corrected chi connectivity index (χ0v) is 11.9. The molecule has 1 atom stereocenters. The van der Waals surface area contributed by atoms with Crippen molar-refractivity contribution in [2.24, 2.45) is 5.92 Å². The fourth-order valence-electron chi connectivity index (χ4n) is 2.94. The molecule has 5 nitrogen and oxygen atoms in total. The molecule has 0 spiro atoms. The van der Waals surface area contributed by atoms with Crippen molar-refractivity contribution in [2.45, 2.75) is 39.2 Å². The molecular formula is C15H21N3O2. The van der Waals surface area contributed by atoms with Crippen LogP contribution in [-0.2, 0) is 22.5 Å². The lowest BCUT2D eigenvalue weighted by molar-refractivity contribution is -0.118. The molecule has 1 amide bonds. The van der Waals surface area contributed by atoms with Crippen molar-refractivity contribution in [2.75, 3.05) is 13.2 Å². The van der Waals surface area contributed by atoms with Gasteiger partial charge in [0.25, 0.3) is 5.91 Å². The number of fused-ring (bicyclic) bond motifs is 1. The molecular weight excluding hydrogens is 254 g/mol. The third-order valence-electron chi connectivity index (χ3n) is 4.19. The summed E-state index contributed by atoms with van der Waals surface area (Å²) in [6, 6.07) is 0. The van der Waals surface area contributed by atoms with Gasteiger partial charge in [0, 0.05) is 31.9 Å². The normalized spacial score (nSPS) is 22.1. The zero-order chi connectivity index (χ0) is 13.9. The predicted octanol–water partition coefficient (Wildman–Crippen LogP) is 1.65. The first-order valence-corrected chi connectivity index (χ1v) is 7.35. The predicted molar refractivity (Wildman–Crippen MR) is 74.9 cm³/mol. The van der Waals surface area contributed by atoms with Crippen molar-refractivity contribution in [1.82, 2.24) is 14.9 Å². The summed E-state index contributed by atoms with van der Waals surface area (Å²) in [5.74, 6) is 2.44. The van der Waals surface area contributed by atoms with Crippen molar-refractivity contribution in [1.29, 1.82) is 0 Å². The van der Waals surface area contributed by atoms with Crippen molar-refractivity contribution in [3.63, 3.8) is 0 Å². The van der Waals surface area contributed by atoms with Gasteiger partial charge in [-0.15, -0.1) is 0 Å². The van der Waals surface area contributed by atoms with Gasteiger partial charge in [-0.05, 0) is 32.1 Å². The van der Waals surface area contributed by atoms with E-state index in [9.17, 15) is 4.79 Å². The molecule has 2 aliphatic heterocycles. The summed E-state index contributed by atoms with van der Waals surface area (Å²) in [5, 5.41) is 3.06. The zero-order valence-electron chi connectivity index (χ0n) is 11.9. The summed E-state index contributed by atoms with van der Waals surface area (Å²) < 4.78 is 7.64. The van der Waals surface area contributed by atoms with Crippen LogP contribution < -0.4 is 5.32 Å². The fraction of sp³-hybridized carbons (Fsp3) is 0.600. The molecule has 0 saturated heterocycles. The van der Waals surface area contributed by atoms with Crippen molar-refractivity contribution in [3.05, 3.63) is 29.6 Å². The molecule has 0 aromatic carbocycles. The van der Waals surface area contributed by atoms with Gasteiger partial charge in [0.05, 0.1) is 12.2 Å². The molecule has 20 heavy (non-hydrogen) atoms. The Morgan fingerprint density at radius 3 is 3.35 bits per heavy atom. The lowest BCUT2D eigenvalue weighted by Crippen LogP contribution is -2.34. The summed E-state index contributed by atoms with van der Waals surface area (Å²) in [6.45, 7) is 4.34. The molecule has 5 heteroatoms. The van der Waals surface area contributed by atoms with Crippen LogP contribution in [0.5, 0.6) is 0 Å². The summed E-state index contributed by atoms with van der Waals surface area (Å²) in [6.07, 6.45) is 7.68. The number of allylic oxidation sites excluding steroid dienone is 1. The second-order valence-corrected chi connectivity index (χ2v) is 5.59. The summed E-state index contributed by atoms with van der Waals surface area (Å²) >= 11 is 0. The van der Waals surface area contributed by atoms with Crippen LogP contribution in [0.3, 0.4) is 0 Å². The Hall–Kier alpha value is -1.78. The maximum Gasteiger partial charge on any atom is 0.250 e. The molecule has 0 bridgehead atoms. The maximum atomic E-state index is 12.2. The fourth-order valence-corrected chi connectivity index (χ4v) is 2.94. The Morgan fingerprint density at radius 2 is 2.50 bits per heavy atom. The SMILES string of the molecule is CC1=C(C(=O)NCC2CCn3ccnc3C2)CCCO1. The van der Waals surface area contributed by atoms with E-state index < -0.39 is 0 Å². The maximum absolute atomic E-state index is 12.2. The van der Waals surface area contributed by atoms with Crippen LogP contribution >= 0.6 is 0 Å². The van der Waals surface area contributed by atoms with E-state index in [1.165, 1.54) is 0 Å². The van der Waals surface area contributed by atoms with Crippen molar-refractivity contribution < 1.29 is 9.53 Å². The Balaban J connectivity index is 1.54. The van der Waals surface area contributed by atoms with Gasteiger partial charge in [-0.3, -0.25) is 4.79 Å². The van der Waals surface area contributed by atoms with E-state index in [-0.39, 0.29) is 5.91 Å². The number of nitrogens with one attached hydrogen (secondary N) is 1. The Morgan fingerprint density at radius 1 is 1.60 bits per heavy atom. The molecule has 0 fully saturated rings. The number of amides is 1. The van der Waals surface area contributed by atoms with Crippen LogP contribution in [0.1, 0.15) is 32.0 Å². The Bertz CT molecular complexity index is 533. The minimum absolute atomic E-state index is 0.0381. The Labute approximate surface area is 119 Å². The standard InChI is InChI=1S/C15H21N3O2/c1-11-13(3-2-8-20-11)15(19)17-10-12-4-6-18-7-5-16-14(18)9-12/h5,7,12H,2-4,6,8-10H2,1H3,(H,17,19). The molecule has 2 aliphatic rings. The molecule has 0 radical (unpaired) electrons. The van der Waals surface area contributed by atoms with E-state index in [2.05, 4.69) is 14.9 Å². The first kappa shape index (κ1) is 13.2. The van der Waals surface area contributed by atoms with Crippen LogP contribution in [-0.4, -0.2) is 28.6 Å². The van der Waals surface area contributed by atoms with Crippen LogP contribution in [0.25, 0.3) is 0 Å². The number of aryl methyl sites for hydroxylation is 1. The highest BCUT2D eigenvalue weighted by Crippen LogP contribution is 2.20. The average Bonchev–Trinajstić information content (AvgIpc) is 2.92. The van der Waals surface area contributed by atoms with Gasteiger partial charge in [0.2, 0.25) is 0 Å². The van der Waals surface area contributed by atoms with Gasteiger partial charge in [0.1, 0.15) is 11.6 Å². The summed E-state index contributed by atoms with van der Waals surface area (Å²) in [4.78, 5) is 16.5. The number of nitrogens with zero attached hydrogens (tertiary/aromatic N) is 2. The summed E-state index contributed by atoms with van der Waals surface area (Å²) in [5.41, 5.74) is 0.813. The van der Waals surface area contributed by atoms with Crippen LogP contribution in [0.2, 0.25) is 0 Å². The number of carbonyl (C=O) groups excluding carboxylic acids is 1. The minimum atomic E-state index is 0.0381. The number of rotatable bonds is 3. The molecule has 1 unspecified atom stereocenters. The van der Waals surface area contributed by atoms with Crippen LogP contribution in [0, 0.1) is 5.92 Å². The van der Waals surface area contributed by atoms with Crippen molar-refractivity contribution in [3.8, 4) is 0 Å². The second kappa shape index (κ2) is 5.69. The van der Waals surface area contributed by atoms with E-state index in [1.807, 2.05) is 19.3 Å². The van der Waals surface area contributed by atoms with Gasteiger partial charge in [-0.25, -0.2) is 4.98 Å². The van der Waals surface area contributed by atoms with Crippen molar-refractivity contribution >= 4 is 5.91 Å². The smallest absolute Gasteiger partial charge is 0.250 e. The molecule has 1 aromatic rings. The highest BCUT2D eigenvalue weighted by Gasteiger charge is 2.22. The highest BCUT2D eigenvalue weighted by atomic mass is 16.5. The number of aromatic nitrogens is 2. The van der Waals surface area contributed by atoms with Gasteiger partial charge >= 0.3 is 0 Å². The first-order chi connectivity index (χ1) is 9.74. The minimum Gasteiger partial charge on any atom is -0.498 e. The third-order valence-corrected chi connectivity index (χ3v) is 4.19. The molecule has 3 rings (SSSR count). The van der Waals surface area contributed by atoms with Gasteiger partial charge < -0.3 is 14.6 Å². The lowest BCUT2D eigenvalue weighted by Gasteiger charge is -2.24. The largest absolute Gasteiger partial charge is 0.498 e. The monoisotopic (exact) mass is 275 g/mol. The number of ether oxygens (including phenoxy) is 1. The summed E-state index contributed by atoms with van der Waals surface area (Å²) in [7, 11) is 0. The topological polar surface area (TPSA) is 56.2 Å². The Kier molecular flexibility index (Phi) is 3.76. The van der Waals surface area contributed by atoms with Gasteiger partial charge in [-0.2, -0.15) is 0 Å². The molecule has 1 N–H and O–H groups in total. The third kappa shape index (κ3) is 2.71. The molecule has 0 aliphatic carbocycles. The molecule has 1 aromatic heterocycles. The molecule has 108 valence electrons.